The van der Waals surface area contributed by atoms with Gasteiger partial charge in [0.15, 0.2) is 0 Å². The van der Waals surface area contributed by atoms with Crippen LogP contribution in [0.25, 0.3) is 10.9 Å². The Morgan fingerprint density at radius 3 is 2.80 bits per heavy atom. The molecule has 0 spiro atoms. The van der Waals surface area contributed by atoms with Crippen LogP contribution in [0.3, 0.4) is 0 Å². The van der Waals surface area contributed by atoms with Gasteiger partial charge in [-0.1, -0.05) is 31.4 Å². The summed E-state index contributed by atoms with van der Waals surface area (Å²) in [6, 6.07) is 8.58. The van der Waals surface area contributed by atoms with Crippen molar-refractivity contribution < 1.29 is 4.79 Å². The molecule has 25 heavy (non-hydrogen) atoms. The summed E-state index contributed by atoms with van der Waals surface area (Å²) in [6.45, 7) is 4.66. The predicted octanol–water partition coefficient (Wildman–Crippen LogP) is 3.81. The maximum Gasteiger partial charge on any atom is 0.237 e. The summed E-state index contributed by atoms with van der Waals surface area (Å²) in [6.07, 6.45) is 8.13. The minimum atomic E-state index is -0.100. The van der Waals surface area contributed by atoms with Gasteiger partial charge in [0.05, 0.1) is 11.6 Å². The molecule has 1 fully saturated rings. The van der Waals surface area contributed by atoms with Gasteiger partial charge in [-0.3, -0.25) is 14.7 Å². The fraction of sp³-hybridized carbons (Fsp3) is 0.524. The molecule has 1 N–H and O–H groups in total. The second-order valence-electron chi connectivity index (χ2n) is 7.28. The fourth-order valence-corrected chi connectivity index (χ4v) is 3.87. The molecule has 0 saturated heterocycles. The van der Waals surface area contributed by atoms with E-state index in [0.29, 0.717) is 12.6 Å². The van der Waals surface area contributed by atoms with E-state index in [4.69, 9.17) is 0 Å². The molecule has 1 aromatic carbocycles. The number of likely N-dealkylation sites (N-methyl/N-ethyl adjacent to an activating group) is 1. The number of nitrogens with one attached hydrogen (secondary N) is 1. The molecule has 4 heteroatoms. The maximum atomic E-state index is 12.7. The van der Waals surface area contributed by atoms with E-state index in [1.807, 2.05) is 19.1 Å². The van der Waals surface area contributed by atoms with Crippen molar-refractivity contribution in [3.8, 4) is 0 Å². The molecule has 1 saturated carbocycles. The van der Waals surface area contributed by atoms with Gasteiger partial charge in [0.1, 0.15) is 0 Å². The van der Waals surface area contributed by atoms with Gasteiger partial charge in [-0.2, -0.15) is 0 Å². The molecular formula is C21H29N3O. The topological polar surface area (TPSA) is 45.2 Å². The average molecular weight is 339 g/mol. The number of fused-ring (bicyclic) bond motifs is 1. The summed E-state index contributed by atoms with van der Waals surface area (Å²) in [5.74, 6) is 0.105. The zero-order valence-electron chi connectivity index (χ0n) is 15.6. The van der Waals surface area contributed by atoms with Crippen molar-refractivity contribution in [2.24, 2.45) is 0 Å². The molecule has 1 heterocycles. The average Bonchev–Trinajstić information content (AvgIpc) is 2.66. The van der Waals surface area contributed by atoms with Gasteiger partial charge in [0.2, 0.25) is 5.91 Å². The summed E-state index contributed by atoms with van der Waals surface area (Å²) in [7, 11) is 2.09. The molecule has 1 aromatic heterocycles. The number of carbonyl (C=O) groups is 1. The van der Waals surface area contributed by atoms with Crippen LogP contribution in [0, 0.1) is 6.92 Å². The van der Waals surface area contributed by atoms with Crippen LogP contribution in [0.15, 0.2) is 30.5 Å². The molecule has 1 amide bonds. The quantitative estimate of drug-likeness (QED) is 0.901. The van der Waals surface area contributed by atoms with Gasteiger partial charge in [-0.15, -0.1) is 0 Å². The molecule has 4 nitrogen and oxygen atoms in total. The van der Waals surface area contributed by atoms with Crippen LogP contribution in [-0.4, -0.2) is 34.9 Å². The van der Waals surface area contributed by atoms with Gasteiger partial charge in [-0.05, 0) is 57.0 Å². The number of pyridine rings is 1. The normalized spacial score (nSPS) is 17.0. The Balaban J connectivity index is 1.67. The van der Waals surface area contributed by atoms with E-state index in [1.54, 1.807) is 6.20 Å². The van der Waals surface area contributed by atoms with E-state index >= 15 is 0 Å². The van der Waals surface area contributed by atoms with Crippen molar-refractivity contribution in [1.29, 1.82) is 0 Å². The second-order valence-corrected chi connectivity index (χ2v) is 7.28. The number of benzene rings is 1. The van der Waals surface area contributed by atoms with Crippen LogP contribution >= 0.6 is 0 Å². The number of carbonyl (C=O) groups excluding carboxylic acids is 1. The van der Waals surface area contributed by atoms with Crippen LogP contribution in [0.2, 0.25) is 0 Å². The number of aryl methyl sites for hydroxylation is 1. The number of amides is 1. The molecule has 1 aliphatic rings. The van der Waals surface area contributed by atoms with Gasteiger partial charge in [-0.25, -0.2) is 0 Å². The van der Waals surface area contributed by atoms with Crippen molar-refractivity contribution in [2.75, 3.05) is 7.05 Å². The number of hydrogen-bond donors (Lipinski definition) is 1. The molecule has 3 rings (SSSR count). The Morgan fingerprint density at radius 1 is 1.28 bits per heavy atom. The molecule has 1 atom stereocenters. The van der Waals surface area contributed by atoms with Crippen LogP contribution in [0.1, 0.15) is 50.2 Å². The van der Waals surface area contributed by atoms with Crippen molar-refractivity contribution in [3.63, 3.8) is 0 Å². The van der Waals surface area contributed by atoms with Crippen LogP contribution in [-0.2, 0) is 11.3 Å². The van der Waals surface area contributed by atoms with Crippen LogP contribution in [0.4, 0.5) is 0 Å². The highest BCUT2D eigenvalue weighted by atomic mass is 16.2. The first-order valence-electron chi connectivity index (χ1n) is 9.41. The van der Waals surface area contributed by atoms with Gasteiger partial charge in [0.25, 0.3) is 0 Å². The Morgan fingerprint density at radius 2 is 2.04 bits per heavy atom. The van der Waals surface area contributed by atoms with Gasteiger partial charge in [0, 0.05) is 24.2 Å². The Hall–Kier alpha value is -1.94. The Kier molecular flexibility index (Phi) is 5.69. The van der Waals surface area contributed by atoms with E-state index in [2.05, 4.69) is 41.3 Å². The lowest BCUT2D eigenvalue weighted by Gasteiger charge is -2.34. The zero-order chi connectivity index (χ0) is 17.8. The van der Waals surface area contributed by atoms with E-state index in [9.17, 15) is 4.79 Å². The standard InChI is InChI=1S/C21H29N3O/c1-15-11-12-20-18(10-7-13-22-20)19(15)14-23-21(25)16(2)24(3)17-8-5-4-6-9-17/h7,10-13,16-17H,4-6,8-9,14H2,1-3H3,(H,23,25)/t16-/m1/s1. The minimum absolute atomic E-state index is 0.100. The van der Waals surface area contributed by atoms with Crippen LogP contribution < -0.4 is 5.32 Å². The number of hydrogen-bond acceptors (Lipinski definition) is 3. The largest absolute Gasteiger partial charge is 0.351 e. The highest BCUT2D eigenvalue weighted by molar-refractivity contribution is 5.85. The summed E-state index contributed by atoms with van der Waals surface area (Å²) >= 11 is 0. The molecule has 1 aliphatic carbocycles. The molecule has 0 bridgehead atoms. The second kappa shape index (κ2) is 7.96. The number of rotatable bonds is 5. The number of aromatic nitrogens is 1. The lowest BCUT2D eigenvalue weighted by molar-refractivity contribution is -0.126. The Labute approximate surface area is 150 Å². The lowest BCUT2D eigenvalue weighted by Crippen LogP contribution is -2.48. The first kappa shape index (κ1) is 17.9. The summed E-state index contributed by atoms with van der Waals surface area (Å²) < 4.78 is 0. The highest BCUT2D eigenvalue weighted by Crippen LogP contribution is 2.23. The summed E-state index contributed by atoms with van der Waals surface area (Å²) in [5.41, 5.74) is 3.32. The molecule has 0 radical (unpaired) electrons. The minimum Gasteiger partial charge on any atom is -0.351 e. The van der Waals surface area contributed by atoms with E-state index in [-0.39, 0.29) is 11.9 Å². The molecule has 0 unspecified atom stereocenters. The molecule has 2 aromatic rings. The molecule has 0 aliphatic heterocycles. The smallest absolute Gasteiger partial charge is 0.237 e. The SMILES string of the molecule is Cc1ccc2ncccc2c1CNC(=O)[C@@H](C)N(C)C1CCCCC1. The molecule has 134 valence electrons. The molecular weight excluding hydrogens is 310 g/mol. The lowest BCUT2D eigenvalue weighted by atomic mass is 9.93. The van der Waals surface area contributed by atoms with Gasteiger partial charge < -0.3 is 5.32 Å². The van der Waals surface area contributed by atoms with Crippen molar-refractivity contribution in [1.82, 2.24) is 15.2 Å². The fourth-order valence-electron chi connectivity index (χ4n) is 3.87. The monoisotopic (exact) mass is 339 g/mol. The van der Waals surface area contributed by atoms with Gasteiger partial charge >= 0.3 is 0 Å². The van der Waals surface area contributed by atoms with Crippen molar-refractivity contribution in [3.05, 3.63) is 41.6 Å². The highest BCUT2D eigenvalue weighted by Gasteiger charge is 2.26. The Bertz CT molecular complexity index is 737. The van der Waals surface area contributed by atoms with E-state index in [1.165, 1.54) is 37.7 Å². The summed E-state index contributed by atoms with van der Waals surface area (Å²) in [5, 5.41) is 4.26. The predicted molar refractivity (Wildman–Crippen MR) is 102 cm³/mol. The summed E-state index contributed by atoms with van der Waals surface area (Å²) in [4.78, 5) is 19.3. The third-order valence-corrected chi connectivity index (χ3v) is 5.71. The van der Waals surface area contributed by atoms with E-state index in [0.717, 1.165) is 16.5 Å². The van der Waals surface area contributed by atoms with Crippen molar-refractivity contribution in [2.45, 2.75) is 64.6 Å². The zero-order valence-corrected chi connectivity index (χ0v) is 15.6. The number of nitrogens with zero attached hydrogens (tertiary/aromatic N) is 2. The van der Waals surface area contributed by atoms with Crippen molar-refractivity contribution >= 4 is 16.8 Å². The third-order valence-electron chi connectivity index (χ3n) is 5.71. The van der Waals surface area contributed by atoms with Crippen LogP contribution in [0.5, 0.6) is 0 Å². The van der Waals surface area contributed by atoms with E-state index < -0.39 is 0 Å². The maximum absolute atomic E-state index is 12.7. The first-order valence-corrected chi connectivity index (χ1v) is 9.41. The third kappa shape index (κ3) is 4.01. The first-order chi connectivity index (χ1) is 12.1.